The number of allylic oxidation sites excluding steroid dienone is 1. The molecule has 0 saturated carbocycles. The molecule has 0 saturated heterocycles. The maximum atomic E-state index is 13.7. The molecular weight excluding hydrogens is 362 g/mol. The minimum absolute atomic E-state index is 0.284. The predicted octanol–water partition coefficient (Wildman–Crippen LogP) is 3.93. The van der Waals surface area contributed by atoms with Gasteiger partial charge in [-0.3, -0.25) is 14.9 Å². The average molecular weight is 378 g/mol. The summed E-state index contributed by atoms with van der Waals surface area (Å²) in [4.78, 5) is 21.7. The largest absolute Gasteiger partial charge is 0.493 e. The van der Waals surface area contributed by atoms with Crippen molar-refractivity contribution in [1.29, 1.82) is 0 Å². The van der Waals surface area contributed by atoms with E-state index in [2.05, 4.69) is 5.32 Å². The first-order valence-corrected chi connectivity index (χ1v) is 7.72. The van der Waals surface area contributed by atoms with Crippen LogP contribution in [0.2, 0.25) is 0 Å². The van der Waals surface area contributed by atoms with E-state index in [1.165, 1.54) is 7.11 Å². The molecule has 1 amide bonds. The van der Waals surface area contributed by atoms with Crippen LogP contribution in [0.4, 0.5) is 20.2 Å². The molecule has 0 spiro atoms. The average Bonchev–Trinajstić information content (AvgIpc) is 2.62. The molecule has 9 heteroatoms. The van der Waals surface area contributed by atoms with E-state index in [9.17, 15) is 23.7 Å². The van der Waals surface area contributed by atoms with Crippen molar-refractivity contribution in [3.8, 4) is 11.5 Å². The first kappa shape index (κ1) is 19.8. The lowest BCUT2D eigenvalue weighted by Gasteiger charge is -2.12. The minimum Gasteiger partial charge on any atom is -0.493 e. The van der Waals surface area contributed by atoms with E-state index in [1.54, 1.807) is 18.2 Å². The molecule has 27 heavy (non-hydrogen) atoms. The fourth-order valence-corrected chi connectivity index (χ4v) is 2.20. The van der Waals surface area contributed by atoms with E-state index < -0.39 is 40.4 Å². The molecule has 2 aromatic carbocycles. The molecule has 0 aromatic heterocycles. The topological polar surface area (TPSA) is 90.7 Å². The van der Waals surface area contributed by atoms with Crippen molar-refractivity contribution in [1.82, 2.24) is 0 Å². The van der Waals surface area contributed by atoms with Gasteiger partial charge in [-0.1, -0.05) is 18.2 Å². The third-order valence-corrected chi connectivity index (χ3v) is 3.41. The van der Waals surface area contributed by atoms with E-state index in [1.807, 2.05) is 19.1 Å². The number of amides is 1. The third kappa shape index (κ3) is 5.00. The van der Waals surface area contributed by atoms with Crippen LogP contribution in [0, 0.1) is 21.7 Å². The fraction of sp³-hybridized carbons (Fsp3) is 0.167. The summed E-state index contributed by atoms with van der Waals surface area (Å²) in [6.45, 7) is 1.35. The number of carbonyl (C=O) groups is 1. The molecule has 0 aliphatic heterocycles. The van der Waals surface area contributed by atoms with Crippen molar-refractivity contribution in [2.75, 3.05) is 19.0 Å². The van der Waals surface area contributed by atoms with Crippen LogP contribution in [0.25, 0.3) is 6.08 Å². The van der Waals surface area contributed by atoms with Gasteiger partial charge in [0.25, 0.3) is 5.91 Å². The van der Waals surface area contributed by atoms with Crippen LogP contribution in [0.3, 0.4) is 0 Å². The van der Waals surface area contributed by atoms with Gasteiger partial charge in [-0.25, -0.2) is 4.39 Å². The molecule has 0 radical (unpaired) electrons. The van der Waals surface area contributed by atoms with Crippen molar-refractivity contribution >= 4 is 23.4 Å². The molecule has 0 aliphatic carbocycles. The van der Waals surface area contributed by atoms with Crippen molar-refractivity contribution in [2.24, 2.45) is 0 Å². The Balaban J connectivity index is 2.09. The zero-order valence-corrected chi connectivity index (χ0v) is 14.5. The number of hydrogen-bond acceptors (Lipinski definition) is 5. The quantitative estimate of drug-likeness (QED) is 0.582. The summed E-state index contributed by atoms with van der Waals surface area (Å²) < 4.78 is 37.6. The second kappa shape index (κ2) is 8.75. The number of methoxy groups -OCH3 is 1. The second-order valence-corrected chi connectivity index (χ2v) is 5.29. The number of nitrogens with one attached hydrogen (secondary N) is 1. The molecule has 1 N–H and O–H groups in total. The molecule has 0 unspecified atom stereocenters. The molecule has 0 heterocycles. The van der Waals surface area contributed by atoms with Gasteiger partial charge < -0.3 is 14.8 Å². The number of nitrogens with zero attached hydrogens (tertiary/aromatic N) is 1. The summed E-state index contributed by atoms with van der Waals surface area (Å²) >= 11 is 0. The number of nitro benzene ring substituents is 1. The number of halogens is 2. The molecule has 2 aromatic rings. The highest BCUT2D eigenvalue weighted by atomic mass is 19.1. The zero-order valence-electron chi connectivity index (χ0n) is 14.5. The molecule has 0 atom stereocenters. The van der Waals surface area contributed by atoms with Crippen LogP contribution < -0.4 is 14.8 Å². The second-order valence-electron chi connectivity index (χ2n) is 5.29. The standard InChI is InChI=1S/C18H16F2N2O5/c1-3-4-11-5-6-16(17(7-11)26-2)27-10-18(23)21-14-9-15(22(24)25)13(20)8-12(14)19/h3-9H,10H2,1-2H3,(H,21,23). The molecule has 0 fully saturated rings. The molecule has 7 nitrogen and oxygen atoms in total. The molecular formula is C18H16F2N2O5. The van der Waals surface area contributed by atoms with Crippen LogP contribution in [-0.4, -0.2) is 24.5 Å². The summed E-state index contributed by atoms with van der Waals surface area (Å²) in [6, 6.07) is 5.99. The number of rotatable bonds is 7. The van der Waals surface area contributed by atoms with Crippen molar-refractivity contribution in [2.45, 2.75) is 6.92 Å². The van der Waals surface area contributed by atoms with E-state index in [-0.39, 0.29) is 5.75 Å². The Labute approximate surface area is 153 Å². The summed E-state index contributed by atoms with van der Waals surface area (Å²) in [5.41, 5.74) is -0.604. The van der Waals surface area contributed by atoms with Gasteiger partial charge in [-0.2, -0.15) is 4.39 Å². The number of benzene rings is 2. The van der Waals surface area contributed by atoms with Gasteiger partial charge in [0.15, 0.2) is 18.1 Å². The maximum Gasteiger partial charge on any atom is 0.307 e. The number of nitro groups is 1. The van der Waals surface area contributed by atoms with E-state index in [0.717, 1.165) is 5.56 Å². The summed E-state index contributed by atoms with van der Waals surface area (Å²) in [7, 11) is 1.44. The third-order valence-electron chi connectivity index (χ3n) is 3.41. The SMILES string of the molecule is CC=Cc1ccc(OCC(=O)Nc2cc([N+](=O)[O-])c(F)cc2F)c(OC)c1. The minimum atomic E-state index is -1.34. The highest BCUT2D eigenvalue weighted by Crippen LogP contribution is 2.29. The van der Waals surface area contributed by atoms with Gasteiger partial charge in [-0.15, -0.1) is 0 Å². The lowest BCUT2D eigenvalue weighted by Crippen LogP contribution is -2.21. The monoisotopic (exact) mass is 378 g/mol. The Kier molecular flexibility index (Phi) is 6.42. The number of ether oxygens (including phenoxy) is 2. The van der Waals surface area contributed by atoms with Crippen molar-refractivity contribution < 1.29 is 28.0 Å². The number of anilines is 1. The summed E-state index contributed by atoms with van der Waals surface area (Å²) in [5.74, 6) is -2.58. The Bertz CT molecular complexity index is 900. The lowest BCUT2D eigenvalue weighted by molar-refractivity contribution is -0.387. The first-order valence-electron chi connectivity index (χ1n) is 7.72. The highest BCUT2D eigenvalue weighted by Gasteiger charge is 2.20. The molecule has 0 bridgehead atoms. The van der Waals surface area contributed by atoms with Crippen molar-refractivity contribution in [3.05, 3.63) is 63.7 Å². The first-order chi connectivity index (χ1) is 12.8. The van der Waals surface area contributed by atoms with Gasteiger partial charge >= 0.3 is 5.69 Å². The van der Waals surface area contributed by atoms with Gasteiger partial charge in [-0.05, 0) is 24.6 Å². The Morgan fingerprint density at radius 1 is 1.22 bits per heavy atom. The van der Waals surface area contributed by atoms with E-state index in [0.29, 0.717) is 17.9 Å². The predicted molar refractivity (Wildman–Crippen MR) is 94.8 cm³/mol. The van der Waals surface area contributed by atoms with Crippen molar-refractivity contribution in [3.63, 3.8) is 0 Å². The van der Waals surface area contributed by atoms with E-state index >= 15 is 0 Å². The number of carbonyl (C=O) groups excluding carboxylic acids is 1. The lowest BCUT2D eigenvalue weighted by atomic mass is 10.2. The fourth-order valence-electron chi connectivity index (χ4n) is 2.20. The normalized spacial score (nSPS) is 10.7. The van der Waals surface area contributed by atoms with Gasteiger partial charge in [0, 0.05) is 12.1 Å². The number of hydrogen-bond donors (Lipinski definition) is 1. The Morgan fingerprint density at radius 3 is 2.59 bits per heavy atom. The Hall–Kier alpha value is -3.49. The molecule has 2 rings (SSSR count). The smallest absolute Gasteiger partial charge is 0.307 e. The van der Waals surface area contributed by atoms with Crippen LogP contribution in [0.15, 0.2) is 36.4 Å². The van der Waals surface area contributed by atoms with Crippen LogP contribution in [0.1, 0.15) is 12.5 Å². The van der Waals surface area contributed by atoms with Crippen LogP contribution >= 0.6 is 0 Å². The zero-order chi connectivity index (χ0) is 20.0. The van der Waals surface area contributed by atoms with Gasteiger partial charge in [0.2, 0.25) is 5.82 Å². The highest BCUT2D eigenvalue weighted by molar-refractivity contribution is 5.92. The van der Waals surface area contributed by atoms with Crippen LogP contribution in [-0.2, 0) is 4.79 Å². The van der Waals surface area contributed by atoms with E-state index in [4.69, 9.17) is 9.47 Å². The summed E-state index contributed by atoms with van der Waals surface area (Å²) in [5, 5.41) is 12.8. The van der Waals surface area contributed by atoms with Gasteiger partial charge in [0.1, 0.15) is 5.82 Å². The summed E-state index contributed by atoms with van der Waals surface area (Å²) in [6.07, 6.45) is 3.70. The maximum absolute atomic E-state index is 13.7. The van der Waals surface area contributed by atoms with Gasteiger partial charge in [0.05, 0.1) is 17.7 Å². The molecule has 142 valence electrons. The Morgan fingerprint density at radius 2 is 1.96 bits per heavy atom. The molecule has 0 aliphatic rings. The van der Waals surface area contributed by atoms with Crippen LogP contribution in [0.5, 0.6) is 11.5 Å².